The summed E-state index contributed by atoms with van der Waals surface area (Å²) in [6, 6.07) is 92.5. The van der Waals surface area contributed by atoms with Gasteiger partial charge in [-0.1, -0.05) is 170 Å². The van der Waals surface area contributed by atoms with Crippen molar-refractivity contribution in [1.29, 1.82) is 0 Å². The van der Waals surface area contributed by atoms with Crippen LogP contribution in [0.5, 0.6) is 0 Å². The fourth-order valence-corrected chi connectivity index (χ4v) is 10.8. The van der Waals surface area contributed by atoms with Crippen LogP contribution in [0.15, 0.2) is 259 Å². The molecule has 14 aromatic rings. The van der Waals surface area contributed by atoms with Crippen molar-refractivity contribution in [1.82, 2.24) is 4.57 Å². The zero-order valence-corrected chi connectivity index (χ0v) is 37.6. The lowest BCUT2D eigenvalue weighted by atomic mass is 9.97. The third kappa shape index (κ3) is 6.51. The molecule has 0 bridgehead atoms. The minimum absolute atomic E-state index is 0.892. The SMILES string of the molecule is c1cc(-c2ccc3ccc4ccccc4c3c2)cc(N(c2ccc(-c3cccc(-n4c5ccccc5c5ccccc54)c3)cc2)c2ccc(-c3ccc4c(c3)oc3c5ccccc5ccc43)cc2)c1. The van der Waals surface area contributed by atoms with E-state index in [0.29, 0.717) is 0 Å². The van der Waals surface area contributed by atoms with Crippen LogP contribution >= 0.6 is 0 Å². The van der Waals surface area contributed by atoms with Crippen molar-refractivity contribution in [2.45, 2.75) is 0 Å². The maximum atomic E-state index is 6.59. The van der Waals surface area contributed by atoms with E-state index < -0.39 is 0 Å². The van der Waals surface area contributed by atoms with E-state index in [2.05, 4.69) is 264 Å². The largest absolute Gasteiger partial charge is 0.455 e. The molecule has 3 heteroatoms. The van der Waals surface area contributed by atoms with Crippen molar-refractivity contribution in [3.05, 3.63) is 255 Å². The van der Waals surface area contributed by atoms with Gasteiger partial charge in [0.05, 0.1) is 11.0 Å². The Balaban J connectivity index is 0.856. The van der Waals surface area contributed by atoms with E-state index in [9.17, 15) is 0 Å². The Kier molecular flexibility index (Phi) is 8.90. The monoisotopic (exact) mass is 878 g/mol. The van der Waals surface area contributed by atoms with Gasteiger partial charge in [-0.3, -0.25) is 0 Å². The maximum absolute atomic E-state index is 6.59. The van der Waals surface area contributed by atoms with Crippen LogP contribution in [0.25, 0.3) is 115 Å². The van der Waals surface area contributed by atoms with Gasteiger partial charge in [0.15, 0.2) is 0 Å². The lowest BCUT2D eigenvalue weighted by molar-refractivity contribution is 0.673. The maximum Gasteiger partial charge on any atom is 0.143 e. The molecule has 0 N–H and O–H groups in total. The van der Waals surface area contributed by atoms with E-state index in [4.69, 9.17) is 4.42 Å². The molecule has 3 nitrogen and oxygen atoms in total. The second kappa shape index (κ2) is 15.7. The molecule has 322 valence electrons. The fraction of sp³-hybridized carbons (Fsp3) is 0. The van der Waals surface area contributed by atoms with Gasteiger partial charge in [-0.25, -0.2) is 0 Å². The summed E-state index contributed by atoms with van der Waals surface area (Å²) in [6.07, 6.45) is 0. The first-order valence-corrected chi connectivity index (χ1v) is 23.6. The Bertz CT molecular complexity index is 4260. The molecule has 0 aliphatic rings. The van der Waals surface area contributed by atoms with Gasteiger partial charge in [-0.15, -0.1) is 0 Å². The van der Waals surface area contributed by atoms with Crippen LogP contribution in [0.4, 0.5) is 17.1 Å². The van der Waals surface area contributed by atoms with Gasteiger partial charge in [0, 0.05) is 49.7 Å². The fourth-order valence-electron chi connectivity index (χ4n) is 10.8. The topological polar surface area (TPSA) is 21.3 Å². The number of furan rings is 1. The second-order valence-corrected chi connectivity index (χ2v) is 18.1. The molecular formula is C66H42N2O. The van der Waals surface area contributed by atoms with Crippen molar-refractivity contribution < 1.29 is 4.42 Å². The molecule has 2 heterocycles. The molecule has 0 radical (unpaired) electrons. The first-order chi connectivity index (χ1) is 34.2. The smallest absolute Gasteiger partial charge is 0.143 e. The summed E-state index contributed by atoms with van der Waals surface area (Å²) in [4.78, 5) is 2.37. The average molecular weight is 879 g/mol. The van der Waals surface area contributed by atoms with Crippen molar-refractivity contribution in [3.63, 3.8) is 0 Å². The van der Waals surface area contributed by atoms with Crippen molar-refractivity contribution in [2.24, 2.45) is 0 Å². The molecule has 69 heavy (non-hydrogen) atoms. The highest BCUT2D eigenvalue weighted by molar-refractivity contribution is 6.15. The normalized spacial score (nSPS) is 11.8. The number of fused-ring (bicyclic) bond motifs is 11. The van der Waals surface area contributed by atoms with Gasteiger partial charge in [0.1, 0.15) is 11.2 Å². The van der Waals surface area contributed by atoms with Crippen LogP contribution in [0.1, 0.15) is 0 Å². The van der Waals surface area contributed by atoms with Crippen molar-refractivity contribution in [2.75, 3.05) is 4.90 Å². The Morgan fingerprint density at radius 1 is 0.275 bits per heavy atom. The number of nitrogens with zero attached hydrogens (tertiary/aromatic N) is 2. The Morgan fingerprint density at radius 3 is 1.48 bits per heavy atom. The third-order valence-electron chi connectivity index (χ3n) is 14.1. The molecule has 2 aromatic heterocycles. The third-order valence-corrected chi connectivity index (χ3v) is 14.1. The molecule has 0 fully saturated rings. The summed E-state index contributed by atoms with van der Waals surface area (Å²) in [5.41, 5.74) is 15.5. The van der Waals surface area contributed by atoms with Crippen LogP contribution in [0.2, 0.25) is 0 Å². The summed E-state index contributed by atoms with van der Waals surface area (Å²) in [6.45, 7) is 0. The molecule has 0 atom stereocenters. The predicted molar refractivity (Wildman–Crippen MR) is 292 cm³/mol. The standard InChI is InChI=1S/C66H42N2O/c1-3-17-56-45(11-1)23-24-47-25-26-50(41-62(47)56)49-14-10-15-54(40-49)67(53-35-29-44(30-36-53)51-32-37-60-61-38-31-46-12-2-4-18-57(46)66(61)69-65(60)42-51)52-33-27-43(28-34-52)48-13-9-16-55(39-48)68-63-21-7-5-19-58(63)59-20-6-8-22-64(59)68/h1-42H. The Labute approximate surface area is 399 Å². The zero-order chi connectivity index (χ0) is 45.4. The lowest BCUT2D eigenvalue weighted by Crippen LogP contribution is -2.10. The van der Waals surface area contributed by atoms with Gasteiger partial charge in [0.25, 0.3) is 0 Å². The van der Waals surface area contributed by atoms with Crippen LogP contribution in [-0.4, -0.2) is 4.57 Å². The summed E-state index contributed by atoms with van der Waals surface area (Å²) < 4.78 is 8.97. The minimum Gasteiger partial charge on any atom is -0.455 e. The van der Waals surface area contributed by atoms with Gasteiger partial charge < -0.3 is 13.9 Å². The van der Waals surface area contributed by atoms with Crippen LogP contribution in [0, 0.1) is 0 Å². The number of benzene rings is 12. The first kappa shape index (κ1) is 39.0. The summed E-state index contributed by atoms with van der Waals surface area (Å²) in [7, 11) is 0. The van der Waals surface area contributed by atoms with E-state index in [-0.39, 0.29) is 0 Å². The second-order valence-electron chi connectivity index (χ2n) is 18.1. The lowest BCUT2D eigenvalue weighted by Gasteiger charge is -2.26. The molecule has 0 spiro atoms. The van der Waals surface area contributed by atoms with Crippen molar-refractivity contribution in [3.8, 4) is 39.1 Å². The number of hydrogen-bond donors (Lipinski definition) is 0. The summed E-state index contributed by atoms with van der Waals surface area (Å²) in [5, 5.41) is 12.1. The van der Waals surface area contributed by atoms with Gasteiger partial charge in [-0.2, -0.15) is 0 Å². The minimum atomic E-state index is 0.892. The van der Waals surface area contributed by atoms with Gasteiger partial charge in [-0.05, 0) is 145 Å². The highest BCUT2D eigenvalue weighted by atomic mass is 16.3. The number of aromatic nitrogens is 1. The first-order valence-electron chi connectivity index (χ1n) is 23.6. The molecule has 0 aliphatic carbocycles. The molecule has 12 aromatic carbocycles. The van der Waals surface area contributed by atoms with Gasteiger partial charge in [0.2, 0.25) is 0 Å². The quantitative estimate of drug-likeness (QED) is 0.149. The molecule has 0 unspecified atom stereocenters. The number of rotatable bonds is 7. The summed E-state index contributed by atoms with van der Waals surface area (Å²) in [5.74, 6) is 0. The molecule has 0 amide bonds. The van der Waals surface area contributed by atoms with E-state index in [1.54, 1.807) is 0 Å². The van der Waals surface area contributed by atoms with E-state index in [1.165, 1.54) is 54.3 Å². The average Bonchev–Trinajstić information content (AvgIpc) is 3.97. The zero-order valence-electron chi connectivity index (χ0n) is 37.6. The van der Waals surface area contributed by atoms with Crippen LogP contribution < -0.4 is 4.90 Å². The number of para-hydroxylation sites is 2. The molecular weight excluding hydrogens is 837 g/mol. The van der Waals surface area contributed by atoms with Crippen molar-refractivity contribution >= 4 is 93.1 Å². The number of hydrogen-bond acceptors (Lipinski definition) is 2. The van der Waals surface area contributed by atoms with Crippen LogP contribution in [0.3, 0.4) is 0 Å². The predicted octanol–water partition coefficient (Wildman–Crippen LogP) is 18.6. The Hall–Kier alpha value is -9.18. The highest BCUT2D eigenvalue weighted by Crippen LogP contribution is 2.41. The highest BCUT2D eigenvalue weighted by Gasteiger charge is 2.17. The van der Waals surface area contributed by atoms with E-state index in [1.807, 2.05) is 0 Å². The summed E-state index contributed by atoms with van der Waals surface area (Å²) >= 11 is 0. The molecule has 0 aliphatic heterocycles. The van der Waals surface area contributed by atoms with E-state index in [0.717, 1.165) is 77.9 Å². The molecule has 14 rings (SSSR count). The molecule has 0 saturated carbocycles. The van der Waals surface area contributed by atoms with Gasteiger partial charge >= 0.3 is 0 Å². The Morgan fingerprint density at radius 2 is 0.768 bits per heavy atom. The number of anilines is 3. The van der Waals surface area contributed by atoms with E-state index >= 15 is 0 Å². The molecule has 0 saturated heterocycles. The van der Waals surface area contributed by atoms with Crippen LogP contribution in [-0.2, 0) is 0 Å².